The van der Waals surface area contributed by atoms with E-state index in [1.165, 1.54) is 4.68 Å². The summed E-state index contributed by atoms with van der Waals surface area (Å²) in [6.07, 6.45) is 2.40. The summed E-state index contributed by atoms with van der Waals surface area (Å²) in [5, 5.41) is 3.67. The Bertz CT molecular complexity index is 435. The van der Waals surface area contributed by atoms with Gasteiger partial charge in [0.25, 0.3) is 0 Å². The lowest BCUT2D eigenvalue weighted by molar-refractivity contribution is -0.0118. The minimum absolute atomic E-state index is 0.359. The van der Waals surface area contributed by atoms with Crippen LogP contribution in [0.3, 0.4) is 0 Å². The lowest BCUT2D eigenvalue weighted by Crippen LogP contribution is -2.44. The van der Waals surface area contributed by atoms with Gasteiger partial charge in [-0.3, -0.25) is 4.68 Å². The molecule has 1 saturated heterocycles. The van der Waals surface area contributed by atoms with Gasteiger partial charge in [0.15, 0.2) is 0 Å². The van der Waals surface area contributed by atoms with Gasteiger partial charge < -0.3 is 9.31 Å². The van der Waals surface area contributed by atoms with Crippen molar-refractivity contribution in [3.63, 3.8) is 0 Å². The van der Waals surface area contributed by atoms with Crippen molar-refractivity contribution < 1.29 is 13.7 Å². The van der Waals surface area contributed by atoms with Crippen LogP contribution in [0, 0.1) is 5.95 Å². The SMILES string of the molecule is CCC1(C)OB(c2cn(C)nc2F)OC1(C)C. The smallest absolute Gasteiger partial charge is 0.399 e. The zero-order valence-electron chi connectivity index (χ0n) is 11.0. The molecular formula is C11H18BFN2O2. The van der Waals surface area contributed by atoms with Crippen molar-refractivity contribution in [1.29, 1.82) is 0 Å². The fraction of sp³-hybridized carbons (Fsp3) is 0.727. The van der Waals surface area contributed by atoms with Gasteiger partial charge in [-0.2, -0.15) is 4.39 Å². The fourth-order valence-electron chi connectivity index (χ4n) is 2.07. The van der Waals surface area contributed by atoms with Crippen molar-refractivity contribution in [2.75, 3.05) is 0 Å². The molecule has 6 heteroatoms. The van der Waals surface area contributed by atoms with Crippen molar-refractivity contribution in [1.82, 2.24) is 9.78 Å². The maximum absolute atomic E-state index is 13.6. The summed E-state index contributed by atoms with van der Waals surface area (Å²) in [5.41, 5.74) is -0.507. The minimum atomic E-state index is -0.677. The van der Waals surface area contributed by atoms with Crippen molar-refractivity contribution in [2.45, 2.75) is 45.3 Å². The summed E-state index contributed by atoms with van der Waals surface area (Å²) in [5.74, 6) is -0.534. The number of aryl methyl sites for hydroxylation is 1. The number of rotatable bonds is 2. The van der Waals surface area contributed by atoms with Gasteiger partial charge in [0.2, 0.25) is 5.95 Å². The van der Waals surface area contributed by atoms with Crippen LogP contribution >= 0.6 is 0 Å². The molecule has 2 heterocycles. The van der Waals surface area contributed by atoms with E-state index in [0.717, 1.165) is 6.42 Å². The lowest BCUT2D eigenvalue weighted by atomic mass is 9.81. The Morgan fingerprint density at radius 3 is 2.47 bits per heavy atom. The van der Waals surface area contributed by atoms with E-state index in [0.29, 0.717) is 5.46 Å². The molecule has 1 aliphatic rings. The van der Waals surface area contributed by atoms with E-state index in [4.69, 9.17) is 9.31 Å². The summed E-state index contributed by atoms with van der Waals surface area (Å²) >= 11 is 0. The van der Waals surface area contributed by atoms with Crippen LogP contribution in [-0.2, 0) is 16.4 Å². The molecule has 1 unspecified atom stereocenters. The zero-order valence-corrected chi connectivity index (χ0v) is 11.0. The first-order valence-corrected chi connectivity index (χ1v) is 5.84. The molecule has 0 aliphatic carbocycles. The van der Waals surface area contributed by atoms with Gasteiger partial charge in [-0.1, -0.05) is 6.92 Å². The average molecular weight is 240 g/mol. The second-order valence-electron chi connectivity index (χ2n) is 5.21. The summed E-state index contributed by atoms with van der Waals surface area (Å²) in [6.45, 7) is 7.95. The number of nitrogens with zero attached hydrogens (tertiary/aromatic N) is 2. The highest BCUT2D eigenvalue weighted by molar-refractivity contribution is 6.62. The molecular weight excluding hydrogens is 222 g/mol. The Morgan fingerprint density at radius 2 is 2.06 bits per heavy atom. The van der Waals surface area contributed by atoms with Gasteiger partial charge in [0.1, 0.15) is 0 Å². The molecule has 0 aromatic carbocycles. The number of aromatic nitrogens is 2. The summed E-state index contributed by atoms with van der Waals surface area (Å²) in [7, 11) is 0.995. The highest BCUT2D eigenvalue weighted by Crippen LogP contribution is 2.39. The van der Waals surface area contributed by atoms with Crippen LogP contribution in [0.4, 0.5) is 4.39 Å². The zero-order chi connectivity index (χ0) is 12.8. The molecule has 0 N–H and O–H groups in total. The maximum Gasteiger partial charge on any atom is 0.501 e. The third kappa shape index (κ3) is 1.89. The van der Waals surface area contributed by atoms with Gasteiger partial charge in [-0.25, -0.2) is 0 Å². The van der Waals surface area contributed by atoms with E-state index in [1.54, 1.807) is 13.2 Å². The van der Waals surface area contributed by atoms with Crippen molar-refractivity contribution >= 4 is 12.6 Å². The number of hydrogen-bond donors (Lipinski definition) is 0. The van der Waals surface area contributed by atoms with Gasteiger partial charge in [0.05, 0.1) is 16.7 Å². The highest BCUT2D eigenvalue weighted by atomic mass is 19.1. The Kier molecular flexibility index (Phi) is 2.82. The second-order valence-corrected chi connectivity index (χ2v) is 5.21. The Balaban J connectivity index is 2.31. The van der Waals surface area contributed by atoms with Gasteiger partial charge in [0, 0.05) is 13.2 Å². The normalized spacial score (nSPS) is 27.8. The van der Waals surface area contributed by atoms with Crippen LogP contribution in [0.1, 0.15) is 34.1 Å². The third-order valence-corrected chi connectivity index (χ3v) is 3.78. The molecule has 1 fully saturated rings. The third-order valence-electron chi connectivity index (χ3n) is 3.78. The topological polar surface area (TPSA) is 36.3 Å². The molecule has 1 aromatic rings. The molecule has 0 radical (unpaired) electrons. The molecule has 94 valence electrons. The monoisotopic (exact) mass is 240 g/mol. The molecule has 17 heavy (non-hydrogen) atoms. The van der Waals surface area contributed by atoms with E-state index in [-0.39, 0.29) is 0 Å². The van der Waals surface area contributed by atoms with Crippen molar-refractivity contribution in [3.05, 3.63) is 12.1 Å². The predicted molar refractivity (Wildman–Crippen MR) is 63.5 cm³/mol. The van der Waals surface area contributed by atoms with Gasteiger partial charge in [-0.15, -0.1) is 5.10 Å². The first kappa shape index (κ1) is 12.6. The number of halogens is 1. The van der Waals surface area contributed by atoms with Crippen LogP contribution in [0.25, 0.3) is 0 Å². The molecule has 0 saturated carbocycles. The molecule has 0 spiro atoms. The summed E-state index contributed by atoms with van der Waals surface area (Å²) in [4.78, 5) is 0. The average Bonchev–Trinajstić information content (AvgIpc) is 2.66. The maximum atomic E-state index is 13.6. The van der Waals surface area contributed by atoms with E-state index in [9.17, 15) is 4.39 Å². The molecule has 1 atom stereocenters. The van der Waals surface area contributed by atoms with E-state index >= 15 is 0 Å². The van der Waals surface area contributed by atoms with Crippen LogP contribution in [-0.4, -0.2) is 28.1 Å². The minimum Gasteiger partial charge on any atom is -0.399 e. The van der Waals surface area contributed by atoms with E-state index in [2.05, 4.69) is 5.10 Å². The highest BCUT2D eigenvalue weighted by Gasteiger charge is 2.54. The fourth-order valence-corrected chi connectivity index (χ4v) is 2.07. The van der Waals surface area contributed by atoms with Crippen LogP contribution < -0.4 is 5.46 Å². The van der Waals surface area contributed by atoms with Crippen LogP contribution in [0.15, 0.2) is 6.20 Å². The van der Waals surface area contributed by atoms with Crippen molar-refractivity contribution in [2.24, 2.45) is 7.05 Å². The molecule has 0 amide bonds. The quantitative estimate of drug-likeness (QED) is 0.730. The second kappa shape index (κ2) is 3.81. The summed E-state index contributed by atoms with van der Waals surface area (Å²) in [6, 6.07) is 0. The molecule has 1 aromatic heterocycles. The lowest BCUT2D eigenvalue weighted by Gasteiger charge is -2.35. The van der Waals surface area contributed by atoms with Gasteiger partial charge in [-0.05, 0) is 27.2 Å². The summed E-state index contributed by atoms with van der Waals surface area (Å²) < 4.78 is 26.7. The van der Waals surface area contributed by atoms with Crippen LogP contribution in [0.2, 0.25) is 0 Å². The first-order valence-electron chi connectivity index (χ1n) is 5.84. The van der Waals surface area contributed by atoms with Crippen molar-refractivity contribution in [3.8, 4) is 0 Å². The van der Waals surface area contributed by atoms with Crippen LogP contribution in [0.5, 0.6) is 0 Å². The Hall–Kier alpha value is -0.875. The Morgan fingerprint density at radius 1 is 1.41 bits per heavy atom. The van der Waals surface area contributed by atoms with E-state index in [1.807, 2.05) is 27.7 Å². The predicted octanol–water partition coefficient (Wildman–Crippen LogP) is 1.25. The Labute approximate surface area is 101 Å². The molecule has 0 bridgehead atoms. The molecule has 2 rings (SSSR count). The number of hydrogen-bond acceptors (Lipinski definition) is 3. The molecule has 1 aliphatic heterocycles. The van der Waals surface area contributed by atoms with Gasteiger partial charge >= 0.3 is 7.12 Å². The van der Waals surface area contributed by atoms with E-state index < -0.39 is 24.3 Å². The molecule has 4 nitrogen and oxygen atoms in total. The standard InChI is InChI=1S/C11H18BFN2O2/c1-6-11(4)10(2,3)16-12(17-11)8-7-15(5)14-9(8)13/h7H,6H2,1-5H3. The first-order chi connectivity index (χ1) is 7.79. The largest absolute Gasteiger partial charge is 0.501 e.